The van der Waals surface area contributed by atoms with Crippen molar-refractivity contribution in [2.24, 2.45) is 0 Å². The van der Waals surface area contributed by atoms with E-state index < -0.39 is 22.2 Å². The third kappa shape index (κ3) is 3.79. The van der Waals surface area contributed by atoms with E-state index in [1.54, 1.807) is 25.1 Å². The summed E-state index contributed by atoms with van der Waals surface area (Å²) < 4.78 is 50.1. The zero-order valence-corrected chi connectivity index (χ0v) is 14.8. The van der Waals surface area contributed by atoms with Crippen molar-refractivity contribution >= 4 is 22.6 Å². The Kier molecular flexibility index (Phi) is 5.17. The van der Waals surface area contributed by atoms with Crippen molar-refractivity contribution in [3.63, 3.8) is 0 Å². The van der Waals surface area contributed by atoms with Gasteiger partial charge in [-0.1, -0.05) is 11.6 Å². The fraction of sp³-hybridized carbons (Fsp3) is 0.211. The van der Waals surface area contributed by atoms with Crippen molar-refractivity contribution in [1.29, 1.82) is 0 Å². The molecule has 0 saturated heterocycles. The van der Waals surface area contributed by atoms with Gasteiger partial charge < -0.3 is 14.3 Å². The van der Waals surface area contributed by atoms with Crippen LogP contribution in [0, 0.1) is 6.92 Å². The van der Waals surface area contributed by atoms with Crippen LogP contribution in [0.1, 0.15) is 11.1 Å². The molecule has 27 heavy (non-hydrogen) atoms. The van der Waals surface area contributed by atoms with Gasteiger partial charge in [0.2, 0.25) is 0 Å². The Labute approximate surface area is 156 Å². The second-order valence-corrected chi connectivity index (χ2v) is 6.21. The molecule has 0 amide bonds. The number of benzene rings is 2. The Morgan fingerprint density at radius 3 is 2.56 bits per heavy atom. The maximum atomic E-state index is 13.1. The van der Waals surface area contributed by atoms with Gasteiger partial charge in [-0.25, -0.2) is 0 Å². The predicted molar refractivity (Wildman–Crippen MR) is 95.2 cm³/mol. The Balaban J connectivity index is 2.14. The number of aryl methyl sites for hydroxylation is 1. The molecule has 1 heterocycles. The highest BCUT2D eigenvalue weighted by molar-refractivity contribution is 6.35. The molecule has 0 radical (unpaired) electrons. The first-order valence-electron chi connectivity index (χ1n) is 7.90. The minimum atomic E-state index is -4.66. The van der Waals surface area contributed by atoms with Crippen molar-refractivity contribution in [3.05, 3.63) is 62.8 Å². The zero-order chi connectivity index (χ0) is 19.8. The quantitative estimate of drug-likeness (QED) is 0.685. The standard InChI is InChI=1S/C19H14ClF3O4/c1-10-8-11(2-5-15(10)26-7-6-24)16-9-14(25)12-3-4-13(19(21,22)23)17(20)18(12)27-16/h2-5,8-9,24H,6-7H2,1H3. The lowest BCUT2D eigenvalue weighted by Gasteiger charge is -2.12. The van der Waals surface area contributed by atoms with Gasteiger partial charge in [0.05, 0.1) is 22.6 Å². The van der Waals surface area contributed by atoms with E-state index in [1.165, 1.54) is 6.07 Å². The van der Waals surface area contributed by atoms with Crippen molar-refractivity contribution in [3.8, 4) is 17.1 Å². The molecule has 3 aromatic rings. The molecule has 3 rings (SSSR count). The number of aliphatic hydroxyl groups excluding tert-OH is 1. The monoisotopic (exact) mass is 398 g/mol. The van der Waals surface area contributed by atoms with Crippen LogP contribution in [0.4, 0.5) is 13.2 Å². The number of halogens is 4. The molecular weight excluding hydrogens is 385 g/mol. The van der Waals surface area contributed by atoms with Crippen LogP contribution in [-0.4, -0.2) is 18.3 Å². The molecule has 0 aliphatic rings. The lowest BCUT2D eigenvalue weighted by Crippen LogP contribution is -2.08. The highest BCUT2D eigenvalue weighted by atomic mass is 35.5. The number of alkyl halides is 3. The summed E-state index contributed by atoms with van der Waals surface area (Å²) in [6.45, 7) is 1.74. The number of fused-ring (bicyclic) bond motifs is 1. The Hall–Kier alpha value is -2.51. The van der Waals surface area contributed by atoms with Crippen molar-refractivity contribution < 1.29 is 27.4 Å². The number of rotatable bonds is 4. The van der Waals surface area contributed by atoms with Crippen molar-refractivity contribution in [2.45, 2.75) is 13.1 Å². The Morgan fingerprint density at radius 1 is 1.19 bits per heavy atom. The van der Waals surface area contributed by atoms with E-state index in [0.717, 1.165) is 12.1 Å². The average Bonchev–Trinajstić information content (AvgIpc) is 2.60. The SMILES string of the molecule is Cc1cc(-c2cc(=O)c3ccc(C(F)(F)F)c(Cl)c3o2)ccc1OCCO. The molecule has 1 aromatic heterocycles. The molecular formula is C19H14ClF3O4. The molecule has 0 atom stereocenters. The second kappa shape index (κ2) is 7.25. The van der Waals surface area contributed by atoms with E-state index in [4.69, 9.17) is 25.9 Å². The van der Waals surface area contributed by atoms with Crippen LogP contribution in [0.3, 0.4) is 0 Å². The van der Waals surface area contributed by atoms with E-state index in [9.17, 15) is 18.0 Å². The minimum absolute atomic E-state index is 0.0311. The van der Waals surface area contributed by atoms with Gasteiger partial charge in [-0.05, 0) is 42.8 Å². The first-order chi connectivity index (χ1) is 12.7. The van der Waals surface area contributed by atoms with Gasteiger partial charge in [-0.15, -0.1) is 0 Å². The molecule has 0 unspecified atom stereocenters. The Bertz CT molecular complexity index is 1060. The van der Waals surface area contributed by atoms with Crippen LogP contribution >= 0.6 is 11.6 Å². The van der Waals surface area contributed by atoms with Crippen LogP contribution in [-0.2, 0) is 6.18 Å². The fourth-order valence-electron chi connectivity index (χ4n) is 2.67. The lowest BCUT2D eigenvalue weighted by atomic mass is 10.1. The maximum Gasteiger partial charge on any atom is 0.417 e. The summed E-state index contributed by atoms with van der Waals surface area (Å²) in [5.74, 6) is 0.624. The highest BCUT2D eigenvalue weighted by Gasteiger charge is 2.34. The lowest BCUT2D eigenvalue weighted by molar-refractivity contribution is -0.137. The summed E-state index contributed by atoms with van der Waals surface area (Å²) in [5, 5.41) is 8.14. The van der Waals surface area contributed by atoms with Crippen LogP contribution in [0.2, 0.25) is 5.02 Å². The first-order valence-corrected chi connectivity index (χ1v) is 8.28. The molecule has 0 saturated carbocycles. The molecule has 4 nitrogen and oxygen atoms in total. The van der Waals surface area contributed by atoms with Crippen LogP contribution in [0.5, 0.6) is 5.75 Å². The van der Waals surface area contributed by atoms with Crippen molar-refractivity contribution in [2.75, 3.05) is 13.2 Å². The number of ether oxygens (including phenoxy) is 1. The molecule has 0 spiro atoms. The molecule has 0 fully saturated rings. The summed E-state index contributed by atoms with van der Waals surface area (Å²) in [6.07, 6.45) is -4.66. The van der Waals surface area contributed by atoms with E-state index in [-0.39, 0.29) is 29.9 Å². The van der Waals surface area contributed by atoms with Crippen LogP contribution < -0.4 is 10.2 Å². The van der Waals surface area contributed by atoms with Crippen LogP contribution in [0.15, 0.2) is 45.6 Å². The minimum Gasteiger partial charge on any atom is -0.491 e. The largest absolute Gasteiger partial charge is 0.491 e. The van der Waals surface area contributed by atoms with Crippen LogP contribution in [0.25, 0.3) is 22.3 Å². The van der Waals surface area contributed by atoms with Gasteiger partial charge in [0, 0.05) is 11.6 Å². The summed E-state index contributed by atoms with van der Waals surface area (Å²) in [6, 6.07) is 7.91. The van der Waals surface area contributed by atoms with E-state index in [0.29, 0.717) is 16.9 Å². The molecule has 1 N–H and O–H groups in total. The summed E-state index contributed by atoms with van der Waals surface area (Å²) in [7, 11) is 0. The summed E-state index contributed by atoms with van der Waals surface area (Å²) >= 11 is 5.88. The molecule has 2 aromatic carbocycles. The third-order valence-electron chi connectivity index (χ3n) is 3.95. The Morgan fingerprint density at radius 2 is 1.93 bits per heavy atom. The normalized spacial score (nSPS) is 11.8. The van der Waals surface area contributed by atoms with Crippen molar-refractivity contribution in [1.82, 2.24) is 0 Å². The summed E-state index contributed by atoms with van der Waals surface area (Å²) in [5.41, 5.74) is -0.691. The van der Waals surface area contributed by atoms with E-state index in [1.807, 2.05) is 0 Å². The topological polar surface area (TPSA) is 59.7 Å². The van der Waals surface area contributed by atoms with Gasteiger partial charge in [0.1, 0.15) is 18.1 Å². The predicted octanol–water partition coefficient (Wildman–Crippen LogP) is 4.81. The zero-order valence-electron chi connectivity index (χ0n) is 14.1. The van der Waals surface area contributed by atoms with E-state index in [2.05, 4.69) is 0 Å². The van der Waals surface area contributed by atoms with Gasteiger partial charge >= 0.3 is 6.18 Å². The second-order valence-electron chi connectivity index (χ2n) is 5.83. The van der Waals surface area contributed by atoms with Gasteiger partial charge in [0.25, 0.3) is 0 Å². The average molecular weight is 399 g/mol. The molecule has 0 aliphatic heterocycles. The van der Waals surface area contributed by atoms with Gasteiger partial charge in [-0.3, -0.25) is 4.79 Å². The van der Waals surface area contributed by atoms with Gasteiger partial charge in [-0.2, -0.15) is 13.2 Å². The molecule has 0 aliphatic carbocycles. The summed E-state index contributed by atoms with van der Waals surface area (Å²) in [4.78, 5) is 12.3. The van der Waals surface area contributed by atoms with Gasteiger partial charge in [0.15, 0.2) is 11.0 Å². The molecule has 8 heteroatoms. The number of aliphatic hydroxyl groups is 1. The highest BCUT2D eigenvalue weighted by Crippen LogP contribution is 2.39. The maximum absolute atomic E-state index is 13.1. The number of hydrogen-bond acceptors (Lipinski definition) is 4. The van der Waals surface area contributed by atoms with E-state index >= 15 is 0 Å². The molecule has 0 bridgehead atoms. The third-order valence-corrected chi connectivity index (χ3v) is 4.33. The number of hydrogen-bond donors (Lipinski definition) is 1. The smallest absolute Gasteiger partial charge is 0.417 e. The first kappa shape index (κ1) is 19.3. The fourth-order valence-corrected chi connectivity index (χ4v) is 2.98. The molecule has 142 valence electrons.